The Hall–Kier alpha value is -3.89. The van der Waals surface area contributed by atoms with Gasteiger partial charge in [-0.1, -0.05) is 0 Å². The molecule has 1 fully saturated rings. The fourth-order valence-electron chi connectivity index (χ4n) is 4.08. The molecular weight excluding hydrogens is 430 g/mol. The summed E-state index contributed by atoms with van der Waals surface area (Å²) in [6.07, 6.45) is 2.19. The average molecular weight is 452 g/mol. The van der Waals surface area contributed by atoms with Crippen molar-refractivity contribution in [2.75, 3.05) is 23.3 Å². The zero-order valence-electron chi connectivity index (χ0n) is 18.4. The van der Waals surface area contributed by atoms with Crippen LogP contribution in [0.3, 0.4) is 0 Å². The number of anilines is 2. The number of carbonyl (C=O) groups is 1. The van der Waals surface area contributed by atoms with E-state index in [0.717, 1.165) is 17.5 Å². The van der Waals surface area contributed by atoms with Crippen LogP contribution in [0, 0.1) is 19.7 Å². The summed E-state index contributed by atoms with van der Waals surface area (Å²) in [6.45, 7) is 4.53. The Morgan fingerprint density at radius 1 is 1.21 bits per heavy atom. The van der Waals surface area contributed by atoms with Crippen LogP contribution in [0.4, 0.5) is 20.4 Å². The molecule has 5 rings (SSSR count). The highest BCUT2D eigenvalue weighted by molar-refractivity contribution is 6.07. The first-order chi connectivity index (χ1) is 15.8. The van der Waals surface area contributed by atoms with Gasteiger partial charge in [0.15, 0.2) is 11.5 Å². The number of rotatable bonds is 4. The van der Waals surface area contributed by atoms with E-state index in [4.69, 9.17) is 0 Å². The predicted molar refractivity (Wildman–Crippen MR) is 119 cm³/mol. The lowest BCUT2D eigenvalue weighted by Crippen LogP contribution is -2.21. The van der Waals surface area contributed by atoms with Crippen LogP contribution in [-0.2, 0) is 7.05 Å². The smallest absolute Gasteiger partial charge is 0.274 e. The molecule has 11 heteroatoms. The molecule has 0 radical (unpaired) electrons. The molecule has 170 valence electrons. The van der Waals surface area contributed by atoms with E-state index in [0.29, 0.717) is 35.8 Å². The SMILES string of the molecule is Cc1cc(C)nc(-c2cnn(C)c2C(=O)Nc2cc3nc(N4CCC(F)C4)nn3cc2F)c1. The Balaban J connectivity index is 1.46. The summed E-state index contributed by atoms with van der Waals surface area (Å²) in [5, 5.41) is 11.0. The van der Waals surface area contributed by atoms with E-state index < -0.39 is 17.9 Å². The van der Waals surface area contributed by atoms with Crippen LogP contribution in [0.1, 0.15) is 28.2 Å². The van der Waals surface area contributed by atoms with Gasteiger partial charge in [-0.25, -0.2) is 13.3 Å². The highest BCUT2D eigenvalue weighted by atomic mass is 19.1. The first-order valence-electron chi connectivity index (χ1n) is 10.5. The number of halogens is 2. The minimum absolute atomic E-state index is 0.0447. The number of aryl methyl sites for hydroxylation is 3. The molecular formula is C22H22F2N8O. The molecule has 1 N–H and O–H groups in total. The van der Waals surface area contributed by atoms with Gasteiger partial charge in [0, 0.05) is 25.4 Å². The molecule has 1 aliphatic rings. The zero-order chi connectivity index (χ0) is 23.3. The molecule has 4 aromatic rings. The molecule has 1 saturated heterocycles. The number of nitrogens with one attached hydrogen (secondary N) is 1. The van der Waals surface area contributed by atoms with Crippen LogP contribution >= 0.6 is 0 Å². The molecule has 5 heterocycles. The summed E-state index contributed by atoms with van der Waals surface area (Å²) in [5.41, 5.74) is 3.52. The molecule has 1 atom stereocenters. The third kappa shape index (κ3) is 3.90. The monoisotopic (exact) mass is 452 g/mol. The molecule has 9 nitrogen and oxygen atoms in total. The second kappa shape index (κ2) is 7.91. The molecule has 4 aromatic heterocycles. The molecule has 0 aliphatic carbocycles. The number of hydrogen-bond acceptors (Lipinski definition) is 6. The number of nitrogens with zero attached hydrogens (tertiary/aromatic N) is 7. The topological polar surface area (TPSA) is 93.2 Å². The van der Waals surface area contributed by atoms with Gasteiger partial charge in [-0.3, -0.25) is 14.5 Å². The maximum Gasteiger partial charge on any atom is 0.274 e. The molecule has 0 spiro atoms. The normalized spacial score (nSPS) is 16.0. The Kier molecular flexibility index (Phi) is 5.03. The highest BCUT2D eigenvalue weighted by Gasteiger charge is 2.26. The maximum atomic E-state index is 14.8. The Morgan fingerprint density at radius 2 is 2.03 bits per heavy atom. The van der Waals surface area contributed by atoms with E-state index in [9.17, 15) is 13.6 Å². The molecule has 1 amide bonds. The molecule has 0 saturated carbocycles. The van der Waals surface area contributed by atoms with Crippen LogP contribution in [0.2, 0.25) is 0 Å². The van der Waals surface area contributed by atoms with Gasteiger partial charge in [-0.2, -0.15) is 10.1 Å². The van der Waals surface area contributed by atoms with Gasteiger partial charge in [-0.15, -0.1) is 5.10 Å². The largest absolute Gasteiger partial charge is 0.336 e. The fraction of sp³-hybridized carbons (Fsp3) is 0.318. The van der Waals surface area contributed by atoms with Crippen molar-refractivity contribution in [3.8, 4) is 11.3 Å². The average Bonchev–Trinajstić information content (AvgIpc) is 3.45. The summed E-state index contributed by atoms with van der Waals surface area (Å²) < 4.78 is 31.0. The number of amides is 1. The van der Waals surface area contributed by atoms with Gasteiger partial charge in [0.25, 0.3) is 5.91 Å². The van der Waals surface area contributed by atoms with E-state index in [2.05, 4.69) is 25.5 Å². The molecule has 0 bridgehead atoms. The molecule has 0 aromatic carbocycles. The minimum Gasteiger partial charge on any atom is -0.336 e. The number of fused-ring (bicyclic) bond motifs is 1. The lowest BCUT2D eigenvalue weighted by Gasteiger charge is -2.10. The molecule has 33 heavy (non-hydrogen) atoms. The van der Waals surface area contributed by atoms with Gasteiger partial charge in [-0.05, 0) is 38.0 Å². The predicted octanol–water partition coefficient (Wildman–Crippen LogP) is 3.08. The van der Waals surface area contributed by atoms with E-state index in [1.807, 2.05) is 26.0 Å². The number of alkyl halides is 1. The minimum atomic E-state index is -0.928. The number of carbonyl (C=O) groups excluding carboxylic acids is 1. The second-order valence-electron chi connectivity index (χ2n) is 8.24. The van der Waals surface area contributed by atoms with Crippen molar-refractivity contribution in [3.05, 3.63) is 53.4 Å². The Bertz CT molecular complexity index is 1360. The lowest BCUT2D eigenvalue weighted by atomic mass is 10.1. The van der Waals surface area contributed by atoms with Crippen molar-refractivity contribution in [1.29, 1.82) is 0 Å². The second-order valence-corrected chi connectivity index (χ2v) is 8.24. The van der Waals surface area contributed by atoms with E-state index in [1.54, 1.807) is 18.1 Å². The lowest BCUT2D eigenvalue weighted by molar-refractivity contribution is 0.101. The van der Waals surface area contributed by atoms with Gasteiger partial charge in [0.1, 0.15) is 11.9 Å². The first kappa shape index (κ1) is 21.0. The van der Waals surface area contributed by atoms with Crippen LogP contribution < -0.4 is 10.2 Å². The Labute approximate surface area is 188 Å². The summed E-state index contributed by atoms with van der Waals surface area (Å²) in [5.74, 6) is -0.882. The van der Waals surface area contributed by atoms with Gasteiger partial charge in [0.05, 0.1) is 35.9 Å². The van der Waals surface area contributed by atoms with E-state index >= 15 is 0 Å². The molecule has 1 unspecified atom stereocenters. The third-order valence-electron chi connectivity index (χ3n) is 5.60. The van der Waals surface area contributed by atoms with Crippen molar-refractivity contribution in [2.24, 2.45) is 7.05 Å². The van der Waals surface area contributed by atoms with Crippen molar-refractivity contribution in [1.82, 2.24) is 29.4 Å². The summed E-state index contributed by atoms with van der Waals surface area (Å²) in [4.78, 5) is 23.7. The third-order valence-corrected chi connectivity index (χ3v) is 5.60. The van der Waals surface area contributed by atoms with Gasteiger partial charge in [0.2, 0.25) is 5.95 Å². The number of pyridine rings is 2. The fourth-order valence-corrected chi connectivity index (χ4v) is 4.08. The maximum absolute atomic E-state index is 14.8. The van der Waals surface area contributed by atoms with Crippen LogP contribution in [0.5, 0.6) is 0 Å². The number of aromatic nitrogens is 6. The van der Waals surface area contributed by atoms with Gasteiger partial charge < -0.3 is 10.2 Å². The van der Waals surface area contributed by atoms with Crippen molar-refractivity contribution in [3.63, 3.8) is 0 Å². The summed E-state index contributed by atoms with van der Waals surface area (Å²) in [7, 11) is 1.64. The van der Waals surface area contributed by atoms with E-state index in [-0.39, 0.29) is 17.9 Å². The van der Waals surface area contributed by atoms with Crippen molar-refractivity contribution in [2.45, 2.75) is 26.4 Å². The van der Waals surface area contributed by atoms with Crippen LogP contribution in [0.25, 0.3) is 16.9 Å². The van der Waals surface area contributed by atoms with Crippen molar-refractivity contribution < 1.29 is 13.6 Å². The van der Waals surface area contributed by atoms with E-state index in [1.165, 1.54) is 15.3 Å². The summed E-state index contributed by atoms with van der Waals surface area (Å²) in [6, 6.07) is 5.20. The van der Waals surface area contributed by atoms with Crippen LogP contribution in [0.15, 0.2) is 30.6 Å². The Morgan fingerprint density at radius 3 is 2.76 bits per heavy atom. The zero-order valence-corrected chi connectivity index (χ0v) is 18.4. The van der Waals surface area contributed by atoms with Crippen molar-refractivity contribution >= 4 is 23.2 Å². The quantitative estimate of drug-likeness (QED) is 0.512. The van der Waals surface area contributed by atoms with Crippen LogP contribution in [-0.4, -0.2) is 54.5 Å². The molecule has 1 aliphatic heterocycles. The van der Waals surface area contributed by atoms with Gasteiger partial charge >= 0.3 is 0 Å². The summed E-state index contributed by atoms with van der Waals surface area (Å²) >= 11 is 0. The number of hydrogen-bond donors (Lipinski definition) is 1. The standard InChI is InChI=1S/C22H22F2N8O/c1-12-6-13(2)26-17(7-12)15-9-25-30(3)20(15)21(33)27-18-8-19-28-22(29-32(19)11-16(18)24)31-5-4-14(23)10-31/h6-9,11,14H,4-5,10H2,1-3H3,(H,27,33). The first-order valence-corrected chi connectivity index (χ1v) is 10.5. The highest BCUT2D eigenvalue weighted by Crippen LogP contribution is 2.26.